The number of aromatic nitrogens is 2. The lowest BCUT2D eigenvalue weighted by atomic mass is 10.1. The van der Waals surface area contributed by atoms with Crippen molar-refractivity contribution in [3.8, 4) is 0 Å². The zero-order chi connectivity index (χ0) is 18.7. The molecule has 1 N–H and O–H groups in total. The van der Waals surface area contributed by atoms with E-state index in [1.807, 2.05) is 48.7 Å². The number of hydrogen-bond donors (Lipinski definition) is 1. The predicted molar refractivity (Wildman–Crippen MR) is 100 cm³/mol. The summed E-state index contributed by atoms with van der Waals surface area (Å²) >= 11 is 0. The SMILES string of the molecule is CC(C)NC(=O)c1nc(C(=O)N(C)Cc2ccccc2)c2n1CCCC2. The molecule has 3 rings (SSSR count). The lowest BCUT2D eigenvalue weighted by molar-refractivity contribution is 0.0778. The van der Waals surface area contributed by atoms with Crippen LogP contribution >= 0.6 is 0 Å². The lowest BCUT2D eigenvalue weighted by Crippen LogP contribution is -2.33. The minimum Gasteiger partial charge on any atom is -0.347 e. The smallest absolute Gasteiger partial charge is 0.287 e. The van der Waals surface area contributed by atoms with E-state index in [1.54, 1.807) is 11.9 Å². The van der Waals surface area contributed by atoms with Crippen molar-refractivity contribution in [3.05, 3.63) is 53.1 Å². The Bertz CT molecular complexity index is 796. The highest BCUT2D eigenvalue weighted by Crippen LogP contribution is 2.22. The molecule has 0 fully saturated rings. The Balaban J connectivity index is 1.88. The summed E-state index contributed by atoms with van der Waals surface area (Å²) in [6.07, 6.45) is 2.79. The monoisotopic (exact) mass is 354 g/mol. The fourth-order valence-corrected chi connectivity index (χ4v) is 3.32. The third-order valence-electron chi connectivity index (χ3n) is 4.55. The summed E-state index contributed by atoms with van der Waals surface area (Å²) in [6.45, 7) is 5.08. The molecule has 0 atom stereocenters. The molecule has 0 radical (unpaired) electrons. The molecule has 1 aromatic carbocycles. The zero-order valence-electron chi connectivity index (χ0n) is 15.7. The molecule has 0 unspecified atom stereocenters. The average Bonchev–Trinajstić information content (AvgIpc) is 3.01. The Morgan fingerprint density at radius 2 is 1.96 bits per heavy atom. The first-order valence-electron chi connectivity index (χ1n) is 9.17. The Kier molecular flexibility index (Phi) is 5.40. The van der Waals surface area contributed by atoms with Crippen molar-refractivity contribution in [3.63, 3.8) is 0 Å². The highest BCUT2D eigenvalue weighted by molar-refractivity contribution is 5.97. The van der Waals surface area contributed by atoms with E-state index >= 15 is 0 Å². The molecule has 0 bridgehead atoms. The van der Waals surface area contributed by atoms with Gasteiger partial charge in [-0.25, -0.2) is 4.98 Å². The van der Waals surface area contributed by atoms with Crippen LogP contribution in [0.15, 0.2) is 30.3 Å². The first-order valence-corrected chi connectivity index (χ1v) is 9.17. The third-order valence-corrected chi connectivity index (χ3v) is 4.55. The van der Waals surface area contributed by atoms with Gasteiger partial charge in [-0.05, 0) is 38.7 Å². The standard InChI is InChI=1S/C20H26N4O2/c1-14(2)21-19(25)18-22-17(16-11-7-8-12-24(16)18)20(26)23(3)13-15-9-5-4-6-10-15/h4-6,9-10,14H,7-8,11-13H2,1-3H3,(H,21,25). The summed E-state index contributed by atoms with van der Waals surface area (Å²) < 4.78 is 1.92. The van der Waals surface area contributed by atoms with Crippen molar-refractivity contribution in [1.29, 1.82) is 0 Å². The summed E-state index contributed by atoms with van der Waals surface area (Å²) in [5.41, 5.74) is 2.36. The molecule has 26 heavy (non-hydrogen) atoms. The molecule has 0 saturated carbocycles. The number of benzene rings is 1. The van der Waals surface area contributed by atoms with Gasteiger partial charge in [-0.15, -0.1) is 0 Å². The van der Waals surface area contributed by atoms with E-state index in [0.29, 0.717) is 18.1 Å². The molecule has 6 nitrogen and oxygen atoms in total. The lowest BCUT2D eigenvalue weighted by Gasteiger charge is -2.19. The average molecular weight is 354 g/mol. The van der Waals surface area contributed by atoms with Gasteiger partial charge in [0.25, 0.3) is 11.8 Å². The van der Waals surface area contributed by atoms with Gasteiger partial charge in [0.05, 0.1) is 5.69 Å². The number of carbonyl (C=O) groups is 2. The maximum atomic E-state index is 13.0. The topological polar surface area (TPSA) is 67.2 Å². The Morgan fingerprint density at radius 3 is 2.65 bits per heavy atom. The molecule has 1 aromatic heterocycles. The number of fused-ring (bicyclic) bond motifs is 1. The van der Waals surface area contributed by atoms with Crippen LogP contribution in [0.25, 0.3) is 0 Å². The van der Waals surface area contributed by atoms with Crippen LogP contribution in [0, 0.1) is 0 Å². The second kappa shape index (κ2) is 7.72. The number of nitrogens with one attached hydrogen (secondary N) is 1. The molecular weight excluding hydrogens is 328 g/mol. The van der Waals surface area contributed by atoms with E-state index in [2.05, 4.69) is 10.3 Å². The van der Waals surface area contributed by atoms with E-state index in [1.165, 1.54) is 0 Å². The van der Waals surface area contributed by atoms with Crippen LogP contribution in [-0.2, 0) is 19.5 Å². The van der Waals surface area contributed by atoms with Gasteiger partial charge in [0.15, 0.2) is 5.82 Å². The molecular formula is C20H26N4O2. The Labute approximate surface area is 154 Å². The first kappa shape index (κ1) is 18.2. The number of carbonyl (C=O) groups excluding carboxylic acids is 2. The van der Waals surface area contributed by atoms with Crippen LogP contribution in [0.4, 0.5) is 0 Å². The summed E-state index contributed by atoms with van der Waals surface area (Å²) in [5.74, 6) is 0.000809. The number of imidazole rings is 1. The highest BCUT2D eigenvalue weighted by atomic mass is 16.2. The second-order valence-corrected chi connectivity index (χ2v) is 7.11. The van der Waals surface area contributed by atoms with Gasteiger partial charge in [-0.2, -0.15) is 0 Å². The van der Waals surface area contributed by atoms with Crippen LogP contribution < -0.4 is 5.32 Å². The minimum absolute atomic E-state index is 0.0268. The number of rotatable bonds is 5. The molecule has 2 heterocycles. The van der Waals surface area contributed by atoms with Crippen molar-refractivity contribution in [2.24, 2.45) is 0 Å². The summed E-state index contributed by atoms with van der Waals surface area (Å²) in [4.78, 5) is 31.6. The van der Waals surface area contributed by atoms with Crippen molar-refractivity contribution >= 4 is 11.8 Å². The Hall–Kier alpha value is -2.63. The van der Waals surface area contributed by atoms with Gasteiger partial charge in [-0.1, -0.05) is 30.3 Å². The fraction of sp³-hybridized carbons (Fsp3) is 0.450. The highest BCUT2D eigenvalue weighted by Gasteiger charge is 2.29. The van der Waals surface area contributed by atoms with Crippen molar-refractivity contribution in [1.82, 2.24) is 19.8 Å². The molecule has 2 amide bonds. The van der Waals surface area contributed by atoms with E-state index in [9.17, 15) is 9.59 Å². The second-order valence-electron chi connectivity index (χ2n) is 7.11. The normalized spacial score (nSPS) is 13.4. The van der Waals surface area contributed by atoms with Crippen molar-refractivity contribution in [2.75, 3.05) is 7.05 Å². The van der Waals surface area contributed by atoms with Crippen LogP contribution in [0.3, 0.4) is 0 Å². The van der Waals surface area contributed by atoms with Crippen LogP contribution in [0.5, 0.6) is 0 Å². The summed E-state index contributed by atoms with van der Waals surface area (Å²) in [7, 11) is 1.78. The number of hydrogen-bond acceptors (Lipinski definition) is 3. The molecule has 1 aliphatic rings. The van der Waals surface area contributed by atoms with E-state index in [-0.39, 0.29) is 17.9 Å². The minimum atomic E-state index is -0.215. The third kappa shape index (κ3) is 3.79. The molecule has 0 spiro atoms. The quantitative estimate of drug-likeness (QED) is 0.897. The van der Waals surface area contributed by atoms with Crippen molar-refractivity contribution in [2.45, 2.75) is 52.2 Å². The number of nitrogens with zero attached hydrogens (tertiary/aromatic N) is 3. The molecule has 1 aliphatic heterocycles. The number of amides is 2. The maximum Gasteiger partial charge on any atom is 0.287 e. The molecule has 0 saturated heterocycles. The van der Waals surface area contributed by atoms with Gasteiger partial charge in [0, 0.05) is 26.2 Å². The van der Waals surface area contributed by atoms with Gasteiger partial charge in [0.1, 0.15) is 5.69 Å². The fourth-order valence-electron chi connectivity index (χ4n) is 3.32. The van der Waals surface area contributed by atoms with E-state index in [4.69, 9.17) is 0 Å². The van der Waals surface area contributed by atoms with E-state index < -0.39 is 0 Å². The molecule has 2 aromatic rings. The van der Waals surface area contributed by atoms with Gasteiger partial charge >= 0.3 is 0 Å². The zero-order valence-corrected chi connectivity index (χ0v) is 15.7. The Morgan fingerprint density at radius 1 is 1.23 bits per heavy atom. The van der Waals surface area contributed by atoms with Crippen LogP contribution in [-0.4, -0.2) is 39.4 Å². The van der Waals surface area contributed by atoms with Crippen LogP contribution in [0.1, 0.15) is 59.1 Å². The summed E-state index contributed by atoms with van der Waals surface area (Å²) in [5, 5.41) is 2.88. The molecule has 6 heteroatoms. The van der Waals surface area contributed by atoms with Gasteiger partial charge in [-0.3, -0.25) is 9.59 Å². The largest absolute Gasteiger partial charge is 0.347 e. The first-order chi connectivity index (χ1) is 12.5. The summed E-state index contributed by atoms with van der Waals surface area (Å²) in [6, 6.07) is 9.89. The molecule has 0 aliphatic carbocycles. The van der Waals surface area contributed by atoms with Gasteiger partial charge in [0.2, 0.25) is 0 Å². The van der Waals surface area contributed by atoms with Crippen molar-refractivity contribution < 1.29 is 9.59 Å². The van der Waals surface area contributed by atoms with E-state index in [0.717, 1.165) is 37.1 Å². The van der Waals surface area contributed by atoms with Crippen LogP contribution in [0.2, 0.25) is 0 Å². The molecule has 138 valence electrons. The predicted octanol–water partition coefficient (Wildman–Crippen LogP) is 2.63. The maximum absolute atomic E-state index is 13.0. The van der Waals surface area contributed by atoms with Gasteiger partial charge < -0.3 is 14.8 Å².